The molecule has 0 amide bonds. The van der Waals surface area contributed by atoms with E-state index in [9.17, 15) is 9.90 Å². The average molecular weight is 404 g/mol. The van der Waals surface area contributed by atoms with Crippen LogP contribution in [0, 0.1) is 6.92 Å². The van der Waals surface area contributed by atoms with Crippen molar-refractivity contribution in [3.63, 3.8) is 0 Å². The Kier molecular flexibility index (Phi) is 5.61. The maximum absolute atomic E-state index is 11.1. The number of phenolic OH excluding ortho intramolecular Hbond substituents is 1. The van der Waals surface area contributed by atoms with Gasteiger partial charge in [-0.2, -0.15) is 0 Å². The number of rotatable bonds is 6. The Bertz CT molecular complexity index is 1090. The second-order valence-electron chi connectivity index (χ2n) is 7.23. The topological polar surface area (TPSA) is 65.0 Å². The average Bonchev–Trinajstić information content (AvgIpc) is 2.78. The van der Waals surface area contributed by atoms with Gasteiger partial charge in [0.2, 0.25) is 0 Å². The summed E-state index contributed by atoms with van der Waals surface area (Å²) < 4.78 is 17.4. The van der Waals surface area contributed by atoms with E-state index in [1.165, 1.54) is 6.07 Å². The highest BCUT2D eigenvalue weighted by atomic mass is 16.6. The molecular formula is C25H24O5. The standard InChI is InChI=1S/C25H24O5/c1-3-17-11-20(14-26)22(27)13-24(17)30-15-19-5-4-6-21(16(19)2)18-7-8-23-25(12-18)29-10-9-28-23/h4-8,11-14,27H,3,9-10,15H2,1-2H3. The summed E-state index contributed by atoms with van der Waals surface area (Å²) in [4.78, 5) is 11.1. The number of carbonyl (C=O) groups is 1. The number of fused-ring (bicyclic) bond motifs is 1. The van der Waals surface area contributed by atoms with Crippen LogP contribution in [0.5, 0.6) is 23.0 Å². The summed E-state index contributed by atoms with van der Waals surface area (Å²) in [5, 5.41) is 10.0. The second kappa shape index (κ2) is 8.49. The minimum atomic E-state index is -0.0704. The predicted molar refractivity (Wildman–Crippen MR) is 115 cm³/mol. The van der Waals surface area contributed by atoms with E-state index in [4.69, 9.17) is 14.2 Å². The van der Waals surface area contributed by atoms with Crippen LogP contribution in [0.4, 0.5) is 0 Å². The van der Waals surface area contributed by atoms with E-state index >= 15 is 0 Å². The van der Waals surface area contributed by atoms with E-state index in [0.29, 0.717) is 38.3 Å². The molecule has 0 bridgehead atoms. The van der Waals surface area contributed by atoms with Gasteiger partial charge in [0.05, 0.1) is 5.56 Å². The van der Waals surface area contributed by atoms with Crippen LogP contribution in [0.25, 0.3) is 11.1 Å². The van der Waals surface area contributed by atoms with Crippen molar-refractivity contribution in [3.05, 3.63) is 70.8 Å². The molecule has 0 aliphatic carbocycles. The van der Waals surface area contributed by atoms with Crippen LogP contribution in [0.1, 0.15) is 34.0 Å². The Morgan fingerprint density at radius 3 is 2.60 bits per heavy atom. The molecule has 3 aromatic carbocycles. The largest absolute Gasteiger partial charge is 0.507 e. The number of benzene rings is 3. The molecule has 154 valence electrons. The van der Waals surface area contributed by atoms with Crippen LogP contribution in [0.2, 0.25) is 0 Å². The lowest BCUT2D eigenvalue weighted by Crippen LogP contribution is -2.15. The Labute approximate surface area is 175 Å². The van der Waals surface area contributed by atoms with Gasteiger partial charge in [-0.15, -0.1) is 0 Å². The van der Waals surface area contributed by atoms with Crippen molar-refractivity contribution in [2.45, 2.75) is 26.9 Å². The van der Waals surface area contributed by atoms with E-state index in [1.54, 1.807) is 6.07 Å². The van der Waals surface area contributed by atoms with Crippen LogP contribution in [0.15, 0.2) is 48.5 Å². The summed E-state index contributed by atoms with van der Waals surface area (Å²) in [5.41, 5.74) is 5.47. The van der Waals surface area contributed by atoms with Gasteiger partial charge in [0.25, 0.3) is 0 Å². The van der Waals surface area contributed by atoms with Crippen LogP contribution in [-0.4, -0.2) is 24.6 Å². The van der Waals surface area contributed by atoms with E-state index in [0.717, 1.165) is 39.3 Å². The third-order valence-corrected chi connectivity index (χ3v) is 5.40. The number of phenols is 1. The molecule has 0 fully saturated rings. The number of hydrogen-bond acceptors (Lipinski definition) is 5. The highest BCUT2D eigenvalue weighted by molar-refractivity contribution is 5.80. The minimum Gasteiger partial charge on any atom is -0.507 e. The van der Waals surface area contributed by atoms with Gasteiger partial charge in [0.1, 0.15) is 31.3 Å². The van der Waals surface area contributed by atoms with Crippen LogP contribution >= 0.6 is 0 Å². The first-order valence-corrected chi connectivity index (χ1v) is 10.0. The molecule has 0 aromatic heterocycles. The zero-order chi connectivity index (χ0) is 21.1. The monoisotopic (exact) mass is 404 g/mol. The molecule has 1 aliphatic rings. The molecule has 3 aromatic rings. The molecule has 0 radical (unpaired) electrons. The summed E-state index contributed by atoms with van der Waals surface area (Å²) in [6.07, 6.45) is 1.35. The maximum atomic E-state index is 11.1. The Hall–Kier alpha value is -3.47. The van der Waals surface area contributed by atoms with Crippen molar-refractivity contribution in [2.24, 2.45) is 0 Å². The first-order valence-electron chi connectivity index (χ1n) is 10.0. The molecule has 30 heavy (non-hydrogen) atoms. The third-order valence-electron chi connectivity index (χ3n) is 5.40. The second-order valence-corrected chi connectivity index (χ2v) is 7.23. The first kappa shape index (κ1) is 19.8. The van der Waals surface area contributed by atoms with Crippen molar-refractivity contribution in [2.75, 3.05) is 13.2 Å². The lowest BCUT2D eigenvalue weighted by molar-refractivity contribution is 0.112. The molecular weight excluding hydrogens is 380 g/mol. The van der Waals surface area contributed by atoms with Gasteiger partial charge in [-0.05, 0) is 59.4 Å². The highest BCUT2D eigenvalue weighted by Gasteiger charge is 2.15. The van der Waals surface area contributed by atoms with Crippen molar-refractivity contribution in [1.82, 2.24) is 0 Å². The van der Waals surface area contributed by atoms with Crippen molar-refractivity contribution in [1.29, 1.82) is 0 Å². The highest BCUT2D eigenvalue weighted by Crippen LogP contribution is 2.36. The zero-order valence-electron chi connectivity index (χ0n) is 17.1. The summed E-state index contributed by atoms with van der Waals surface area (Å²) in [6.45, 7) is 5.54. The lowest BCUT2D eigenvalue weighted by Gasteiger charge is -2.20. The first-order chi connectivity index (χ1) is 14.6. The van der Waals surface area contributed by atoms with E-state index in [2.05, 4.69) is 13.0 Å². The fourth-order valence-electron chi connectivity index (χ4n) is 3.66. The molecule has 4 rings (SSSR count). The fraction of sp³-hybridized carbons (Fsp3) is 0.240. The molecule has 0 saturated carbocycles. The van der Waals surface area contributed by atoms with Gasteiger partial charge >= 0.3 is 0 Å². The summed E-state index contributed by atoms with van der Waals surface area (Å²) in [6, 6.07) is 15.3. The summed E-state index contributed by atoms with van der Waals surface area (Å²) >= 11 is 0. The SMILES string of the molecule is CCc1cc(C=O)c(O)cc1OCc1cccc(-c2ccc3c(c2)OCCO3)c1C. The van der Waals surface area contributed by atoms with Crippen molar-refractivity contribution in [3.8, 4) is 34.1 Å². The van der Waals surface area contributed by atoms with Gasteiger partial charge in [-0.25, -0.2) is 0 Å². The molecule has 1 aliphatic heterocycles. The zero-order valence-corrected chi connectivity index (χ0v) is 17.1. The van der Waals surface area contributed by atoms with Gasteiger partial charge in [-0.1, -0.05) is 31.2 Å². The van der Waals surface area contributed by atoms with Gasteiger partial charge < -0.3 is 19.3 Å². The molecule has 1 heterocycles. The molecule has 0 saturated heterocycles. The van der Waals surface area contributed by atoms with E-state index in [1.807, 2.05) is 37.3 Å². The number of aromatic hydroxyl groups is 1. The van der Waals surface area contributed by atoms with Crippen LogP contribution in [0.3, 0.4) is 0 Å². The van der Waals surface area contributed by atoms with Gasteiger partial charge in [0, 0.05) is 6.07 Å². The Morgan fingerprint density at radius 2 is 1.83 bits per heavy atom. The Morgan fingerprint density at radius 1 is 1.03 bits per heavy atom. The van der Waals surface area contributed by atoms with E-state index < -0.39 is 0 Å². The number of aryl methyl sites for hydroxylation is 1. The smallest absolute Gasteiger partial charge is 0.161 e. The van der Waals surface area contributed by atoms with Crippen LogP contribution in [-0.2, 0) is 13.0 Å². The number of carbonyl (C=O) groups excluding carboxylic acids is 1. The fourth-order valence-corrected chi connectivity index (χ4v) is 3.66. The summed E-state index contributed by atoms with van der Waals surface area (Å²) in [7, 11) is 0. The maximum Gasteiger partial charge on any atom is 0.161 e. The molecule has 5 nitrogen and oxygen atoms in total. The predicted octanol–water partition coefficient (Wildman–Crippen LogP) is 5.09. The van der Waals surface area contributed by atoms with E-state index in [-0.39, 0.29) is 11.3 Å². The number of hydrogen-bond donors (Lipinski definition) is 1. The minimum absolute atomic E-state index is 0.0704. The quantitative estimate of drug-likeness (QED) is 0.580. The Balaban J connectivity index is 1.60. The lowest BCUT2D eigenvalue weighted by atomic mass is 9.96. The summed E-state index contributed by atoms with van der Waals surface area (Å²) in [5.74, 6) is 2.05. The molecule has 0 atom stereocenters. The van der Waals surface area contributed by atoms with Crippen LogP contribution < -0.4 is 14.2 Å². The van der Waals surface area contributed by atoms with Crippen molar-refractivity contribution < 1.29 is 24.1 Å². The van der Waals surface area contributed by atoms with Gasteiger partial charge in [0.15, 0.2) is 17.8 Å². The third kappa shape index (κ3) is 3.83. The molecule has 5 heteroatoms. The molecule has 1 N–H and O–H groups in total. The molecule has 0 unspecified atom stereocenters. The normalized spacial score (nSPS) is 12.5. The molecule has 0 spiro atoms. The van der Waals surface area contributed by atoms with Gasteiger partial charge in [-0.3, -0.25) is 4.79 Å². The number of ether oxygens (including phenoxy) is 3. The van der Waals surface area contributed by atoms with Crippen molar-refractivity contribution >= 4 is 6.29 Å². The number of aldehydes is 1.